The van der Waals surface area contributed by atoms with Gasteiger partial charge in [-0.1, -0.05) is 23.2 Å². The third kappa shape index (κ3) is 4.25. The summed E-state index contributed by atoms with van der Waals surface area (Å²) >= 11 is 12.1. The second-order valence-electron chi connectivity index (χ2n) is 6.81. The van der Waals surface area contributed by atoms with E-state index < -0.39 is 10.0 Å². The SMILES string of the molecule is CCOc1cc(C)c(S(=O)(=O)N2CCN(c3ccc(Cl)c(Cl)c3)CC2)cc1C. The molecule has 2 aromatic rings. The fourth-order valence-electron chi connectivity index (χ4n) is 3.36. The van der Waals surface area contributed by atoms with E-state index in [-0.39, 0.29) is 0 Å². The molecule has 1 aliphatic rings. The standard InChI is InChI=1S/C20H24Cl2N2O3S/c1-4-27-19-11-15(3)20(12-14(19)2)28(25,26)24-9-7-23(8-10-24)16-5-6-17(21)18(22)13-16/h5-6,11-13H,4,7-10H2,1-3H3. The van der Waals surface area contributed by atoms with E-state index in [0.717, 1.165) is 17.0 Å². The van der Waals surface area contributed by atoms with E-state index in [1.54, 1.807) is 29.4 Å². The largest absolute Gasteiger partial charge is 0.494 e. The van der Waals surface area contributed by atoms with Crippen LogP contribution in [-0.2, 0) is 10.0 Å². The highest BCUT2D eigenvalue weighted by Crippen LogP contribution is 2.30. The average Bonchev–Trinajstić information content (AvgIpc) is 2.67. The third-order valence-corrected chi connectivity index (χ3v) is 7.68. The number of sulfonamides is 1. The summed E-state index contributed by atoms with van der Waals surface area (Å²) in [5.74, 6) is 0.725. The Hall–Kier alpha value is -1.47. The summed E-state index contributed by atoms with van der Waals surface area (Å²) in [4.78, 5) is 2.46. The number of hydrogen-bond donors (Lipinski definition) is 0. The number of benzene rings is 2. The zero-order chi connectivity index (χ0) is 20.5. The van der Waals surface area contributed by atoms with E-state index in [1.807, 2.05) is 26.0 Å². The monoisotopic (exact) mass is 442 g/mol. The van der Waals surface area contributed by atoms with Gasteiger partial charge in [0.1, 0.15) is 5.75 Å². The molecule has 1 fully saturated rings. The Morgan fingerprint density at radius 2 is 1.64 bits per heavy atom. The van der Waals surface area contributed by atoms with Gasteiger partial charge in [0.15, 0.2) is 0 Å². The number of aryl methyl sites for hydroxylation is 2. The van der Waals surface area contributed by atoms with Crippen LogP contribution in [0.15, 0.2) is 35.2 Å². The third-order valence-electron chi connectivity index (χ3n) is 4.90. The fraction of sp³-hybridized carbons (Fsp3) is 0.400. The Morgan fingerprint density at radius 1 is 0.964 bits per heavy atom. The van der Waals surface area contributed by atoms with Crippen molar-refractivity contribution in [3.63, 3.8) is 0 Å². The van der Waals surface area contributed by atoms with Crippen molar-refractivity contribution in [3.8, 4) is 5.75 Å². The van der Waals surface area contributed by atoms with Crippen molar-refractivity contribution in [3.05, 3.63) is 51.5 Å². The first-order valence-corrected chi connectivity index (χ1v) is 11.4. The van der Waals surface area contributed by atoms with Gasteiger partial charge < -0.3 is 9.64 Å². The number of hydrogen-bond acceptors (Lipinski definition) is 4. The number of anilines is 1. The van der Waals surface area contributed by atoms with Crippen LogP contribution in [0.5, 0.6) is 5.75 Å². The van der Waals surface area contributed by atoms with Crippen LogP contribution in [0.25, 0.3) is 0 Å². The van der Waals surface area contributed by atoms with Gasteiger partial charge in [0.25, 0.3) is 0 Å². The molecular formula is C20H24Cl2N2O3S. The highest BCUT2D eigenvalue weighted by Gasteiger charge is 2.30. The average molecular weight is 443 g/mol. The lowest BCUT2D eigenvalue weighted by Crippen LogP contribution is -2.48. The number of ether oxygens (including phenoxy) is 1. The maximum atomic E-state index is 13.2. The van der Waals surface area contributed by atoms with Gasteiger partial charge in [-0.05, 0) is 62.2 Å². The summed E-state index contributed by atoms with van der Waals surface area (Å²) < 4.78 is 33.5. The van der Waals surface area contributed by atoms with Crippen molar-refractivity contribution in [2.24, 2.45) is 0 Å². The van der Waals surface area contributed by atoms with Crippen LogP contribution in [0, 0.1) is 13.8 Å². The number of piperazine rings is 1. The Balaban J connectivity index is 1.78. The Labute approximate surface area is 176 Å². The molecule has 0 atom stereocenters. The summed E-state index contributed by atoms with van der Waals surface area (Å²) in [7, 11) is -3.56. The highest BCUT2D eigenvalue weighted by atomic mass is 35.5. The predicted octanol–water partition coefficient (Wildman–Crippen LogP) is 4.52. The van der Waals surface area contributed by atoms with Gasteiger partial charge >= 0.3 is 0 Å². The molecule has 3 rings (SSSR count). The molecule has 2 aromatic carbocycles. The molecule has 0 aromatic heterocycles. The number of rotatable bonds is 5. The first kappa shape index (κ1) is 21.2. The van der Waals surface area contributed by atoms with E-state index in [9.17, 15) is 8.42 Å². The normalized spacial score (nSPS) is 15.7. The van der Waals surface area contributed by atoms with Crippen molar-refractivity contribution in [1.82, 2.24) is 4.31 Å². The van der Waals surface area contributed by atoms with E-state index >= 15 is 0 Å². The molecule has 0 saturated carbocycles. The molecule has 0 unspecified atom stereocenters. The molecule has 0 bridgehead atoms. The Morgan fingerprint density at radius 3 is 2.25 bits per heavy atom. The minimum absolute atomic E-state index is 0.344. The smallest absolute Gasteiger partial charge is 0.243 e. The Kier molecular flexibility index (Phi) is 6.44. The summed E-state index contributed by atoms with van der Waals surface area (Å²) in [6.45, 7) is 8.13. The number of nitrogens with zero attached hydrogens (tertiary/aromatic N) is 2. The Bertz CT molecular complexity index is 972. The summed E-state index contributed by atoms with van der Waals surface area (Å²) in [5, 5.41) is 1.00. The molecule has 1 heterocycles. The van der Waals surface area contributed by atoms with E-state index in [1.165, 1.54) is 0 Å². The van der Waals surface area contributed by atoms with Gasteiger partial charge in [0, 0.05) is 31.9 Å². The molecule has 0 spiro atoms. The molecule has 152 valence electrons. The van der Waals surface area contributed by atoms with Crippen LogP contribution in [0.1, 0.15) is 18.1 Å². The van der Waals surface area contributed by atoms with Gasteiger partial charge in [-0.15, -0.1) is 0 Å². The summed E-state index contributed by atoms with van der Waals surface area (Å²) in [5.41, 5.74) is 2.46. The molecule has 1 saturated heterocycles. The minimum Gasteiger partial charge on any atom is -0.494 e. The topological polar surface area (TPSA) is 49.9 Å². The maximum absolute atomic E-state index is 13.2. The van der Waals surface area contributed by atoms with Gasteiger partial charge in [0.05, 0.1) is 21.5 Å². The van der Waals surface area contributed by atoms with Gasteiger partial charge in [-0.2, -0.15) is 4.31 Å². The lowest BCUT2D eigenvalue weighted by molar-refractivity contribution is 0.337. The van der Waals surface area contributed by atoms with E-state index in [2.05, 4.69) is 4.90 Å². The van der Waals surface area contributed by atoms with Gasteiger partial charge in [-0.25, -0.2) is 8.42 Å². The van der Waals surface area contributed by atoms with Gasteiger partial charge in [-0.3, -0.25) is 0 Å². The molecule has 8 heteroatoms. The second-order valence-corrected chi connectivity index (χ2v) is 9.53. The van der Waals surface area contributed by atoms with Crippen molar-refractivity contribution < 1.29 is 13.2 Å². The molecule has 0 radical (unpaired) electrons. The first-order valence-electron chi connectivity index (χ1n) is 9.18. The lowest BCUT2D eigenvalue weighted by atomic mass is 10.1. The molecule has 28 heavy (non-hydrogen) atoms. The molecule has 5 nitrogen and oxygen atoms in total. The molecular weight excluding hydrogens is 419 g/mol. The van der Waals surface area contributed by atoms with Crippen molar-refractivity contribution in [2.75, 3.05) is 37.7 Å². The van der Waals surface area contributed by atoms with Crippen LogP contribution in [0.3, 0.4) is 0 Å². The highest BCUT2D eigenvalue weighted by molar-refractivity contribution is 7.89. The molecule has 0 aliphatic carbocycles. The number of halogens is 2. The summed E-state index contributed by atoms with van der Waals surface area (Å²) in [6, 6.07) is 8.99. The van der Waals surface area contributed by atoms with Crippen molar-refractivity contribution in [2.45, 2.75) is 25.7 Å². The van der Waals surface area contributed by atoms with Crippen LogP contribution in [-0.4, -0.2) is 45.5 Å². The molecule has 1 aliphatic heterocycles. The van der Waals surface area contributed by atoms with Crippen LogP contribution in [0.4, 0.5) is 5.69 Å². The van der Waals surface area contributed by atoms with Crippen molar-refractivity contribution >= 4 is 38.9 Å². The molecule has 0 N–H and O–H groups in total. The lowest BCUT2D eigenvalue weighted by Gasteiger charge is -2.35. The van der Waals surface area contributed by atoms with E-state index in [4.69, 9.17) is 27.9 Å². The van der Waals surface area contributed by atoms with E-state index in [0.29, 0.717) is 53.3 Å². The van der Waals surface area contributed by atoms with Crippen LogP contribution >= 0.6 is 23.2 Å². The minimum atomic E-state index is -3.56. The predicted molar refractivity (Wildman–Crippen MR) is 115 cm³/mol. The second kappa shape index (κ2) is 8.49. The quantitative estimate of drug-likeness (QED) is 0.682. The van der Waals surface area contributed by atoms with Crippen molar-refractivity contribution in [1.29, 1.82) is 0 Å². The zero-order valence-electron chi connectivity index (χ0n) is 16.2. The zero-order valence-corrected chi connectivity index (χ0v) is 18.5. The first-order chi connectivity index (χ1) is 13.2. The van der Waals surface area contributed by atoms with Crippen LogP contribution < -0.4 is 9.64 Å². The maximum Gasteiger partial charge on any atom is 0.243 e. The fourth-order valence-corrected chi connectivity index (χ4v) is 5.37. The van der Waals surface area contributed by atoms with Gasteiger partial charge in [0.2, 0.25) is 10.0 Å². The molecule has 0 amide bonds. The van der Waals surface area contributed by atoms with Crippen LogP contribution in [0.2, 0.25) is 10.0 Å². The summed E-state index contributed by atoms with van der Waals surface area (Å²) in [6.07, 6.45) is 0.